The van der Waals surface area contributed by atoms with Gasteiger partial charge in [0.05, 0.1) is 21.8 Å². The van der Waals surface area contributed by atoms with Gasteiger partial charge in [0.2, 0.25) is 15.7 Å². The summed E-state index contributed by atoms with van der Waals surface area (Å²) >= 11 is 0. The molecule has 168 valence electrons. The molecular formula is C25H21FN2O4S. The molecule has 33 heavy (non-hydrogen) atoms. The minimum atomic E-state index is -4.06. The predicted octanol–water partition coefficient (Wildman–Crippen LogP) is 4.99. The average Bonchev–Trinajstić information content (AvgIpc) is 3.10. The topological polar surface area (TPSA) is 78.3 Å². The Morgan fingerprint density at radius 1 is 0.939 bits per heavy atom. The van der Waals surface area contributed by atoms with E-state index >= 15 is 0 Å². The van der Waals surface area contributed by atoms with Gasteiger partial charge in [0.1, 0.15) is 5.82 Å². The monoisotopic (exact) mass is 464 g/mol. The van der Waals surface area contributed by atoms with E-state index in [-0.39, 0.29) is 26.9 Å². The lowest BCUT2D eigenvalue weighted by molar-refractivity contribution is 0.0718. The van der Waals surface area contributed by atoms with Crippen LogP contribution < -0.4 is 4.74 Å². The minimum Gasteiger partial charge on any atom is -0.402 e. The molecule has 0 saturated heterocycles. The molecule has 0 radical (unpaired) electrons. The van der Waals surface area contributed by atoms with E-state index in [2.05, 4.69) is 5.10 Å². The summed E-state index contributed by atoms with van der Waals surface area (Å²) in [4.78, 5) is 12.7. The number of nitrogens with zero attached hydrogens (tertiary/aromatic N) is 2. The molecule has 0 saturated carbocycles. The fourth-order valence-electron chi connectivity index (χ4n) is 3.55. The molecule has 0 bridgehead atoms. The van der Waals surface area contributed by atoms with Crippen LogP contribution in [-0.4, -0.2) is 24.2 Å². The zero-order chi connectivity index (χ0) is 23.8. The molecule has 0 amide bonds. The zero-order valence-corrected chi connectivity index (χ0v) is 19.1. The molecule has 0 spiro atoms. The molecule has 0 N–H and O–H groups in total. The second-order valence-electron chi connectivity index (χ2n) is 7.63. The number of hydrogen-bond donors (Lipinski definition) is 0. The number of halogens is 1. The maximum Gasteiger partial charge on any atom is 0.344 e. The quantitative estimate of drug-likeness (QED) is 0.389. The molecule has 6 nitrogen and oxygen atoms in total. The summed E-state index contributed by atoms with van der Waals surface area (Å²) in [6, 6.07) is 18.2. The summed E-state index contributed by atoms with van der Waals surface area (Å²) in [5, 5.41) is 4.42. The molecule has 1 heterocycles. The van der Waals surface area contributed by atoms with Gasteiger partial charge in [0, 0.05) is 0 Å². The number of hydrogen-bond acceptors (Lipinski definition) is 5. The van der Waals surface area contributed by atoms with Crippen LogP contribution in [0, 0.1) is 26.6 Å². The van der Waals surface area contributed by atoms with Crippen molar-refractivity contribution in [3.63, 3.8) is 0 Å². The van der Waals surface area contributed by atoms with Crippen molar-refractivity contribution in [1.82, 2.24) is 9.78 Å². The van der Waals surface area contributed by atoms with E-state index in [1.165, 1.54) is 28.9 Å². The van der Waals surface area contributed by atoms with Crippen LogP contribution in [0.3, 0.4) is 0 Å². The summed E-state index contributed by atoms with van der Waals surface area (Å²) in [5.41, 5.74) is 2.66. The van der Waals surface area contributed by atoms with Gasteiger partial charge in [-0.25, -0.2) is 17.6 Å². The summed E-state index contributed by atoms with van der Waals surface area (Å²) in [5.74, 6) is -1.56. The largest absolute Gasteiger partial charge is 0.402 e. The number of carbonyl (C=O) groups is 1. The third-order valence-corrected chi connectivity index (χ3v) is 7.04. The van der Waals surface area contributed by atoms with E-state index in [0.717, 1.165) is 23.3 Å². The normalized spacial score (nSPS) is 11.4. The van der Waals surface area contributed by atoms with Crippen molar-refractivity contribution in [3.8, 4) is 11.6 Å². The van der Waals surface area contributed by atoms with Gasteiger partial charge in [0.25, 0.3) is 0 Å². The maximum absolute atomic E-state index is 13.5. The van der Waals surface area contributed by atoms with Gasteiger partial charge in [-0.05, 0) is 68.8 Å². The van der Waals surface area contributed by atoms with Crippen molar-refractivity contribution >= 4 is 15.8 Å². The predicted molar refractivity (Wildman–Crippen MR) is 121 cm³/mol. The van der Waals surface area contributed by atoms with Crippen molar-refractivity contribution in [2.75, 3.05) is 0 Å². The third-order valence-electron chi connectivity index (χ3n) is 5.14. The Bertz CT molecular complexity index is 1440. The number of sulfone groups is 1. The van der Waals surface area contributed by atoms with Gasteiger partial charge < -0.3 is 4.74 Å². The molecule has 8 heteroatoms. The lowest BCUT2D eigenvalue weighted by Gasteiger charge is -2.13. The van der Waals surface area contributed by atoms with Crippen LogP contribution in [0.5, 0.6) is 5.88 Å². The van der Waals surface area contributed by atoms with Crippen LogP contribution in [0.1, 0.15) is 27.2 Å². The molecule has 3 aromatic carbocycles. The minimum absolute atomic E-state index is 0.0485. The Labute approximate surface area is 191 Å². The highest BCUT2D eigenvalue weighted by Gasteiger charge is 2.32. The molecule has 4 aromatic rings. The first-order valence-corrected chi connectivity index (χ1v) is 11.6. The highest BCUT2D eigenvalue weighted by Crippen LogP contribution is 2.35. The number of carbonyl (C=O) groups excluding carboxylic acids is 1. The van der Waals surface area contributed by atoms with Crippen molar-refractivity contribution < 1.29 is 22.3 Å². The number of aryl methyl sites for hydroxylation is 3. The van der Waals surface area contributed by atoms with E-state index in [4.69, 9.17) is 4.74 Å². The van der Waals surface area contributed by atoms with Gasteiger partial charge in [-0.1, -0.05) is 35.9 Å². The van der Waals surface area contributed by atoms with Crippen LogP contribution in [0.2, 0.25) is 0 Å². The summed E-state index contributed by atoms with van der Waals surface area (Å²) in [7, 11) is -4.06. The molecule has 0 fully saturated rings. The van der Waals surface area contributed by atoms with E-state index in [1.807, 2.05) is 26.0 Å². The Morgan fingerprint density at radius 3 is 2.24 bits per heavy atom. The molecule has 0 aliphatic heterocycles. The SMILES string of the molecule is Cc1ccc(-n2nc(C)c(S(=O)(=O)c3ccccc3)c2OC(=O)c2ccc(F)cc2)c(C)c1. The number of benzene rings is 3. The van der Waals surface area contributed by atoms with Crippen LogP contribution >= 0.6 is 0 Å². The molecule has 1 aromatic heterocycles. The van der Waals surface area contributed by atoms with E-state index < -0.39 is 21.6 Å². The second kappa shape index (κ2) is 8.63. The second-order valence-corrected chi connectivity index (χ2v) is 9.52. The highest BCUT2D eigenvalue weighted by molar-refractivity contribution is 7.91. The lowest BCUT2D eigenvalue weighted by Crippen LogP contribution is -2.15. The van der Waals surface area contributed by atoms with E-state index in [1.54, 1.807) is 31.2 Å². The number of esters is 1. The third kappa shape index (κ3) is 4.29. The lowest BCUT2D eigenvalue weighted by atomic mass is 10.1. The highest BCUT2D eigenvalue weighted by atomic mass is 32.2. The number of ether oxygens (including phenoxy) is 1. The Morgan fingerprint density at radius 2 is 1.61 bits per heavy atom. The zero-order valence-electron chi connectivity index (χ0n) is 18.2. The number of aromatic nitrogens is 2. The molecule has 0 aliphatic rings. The van der Waals surface area contributed by atoms with E-state index in [0.29, 0.717) is 5.69 Å². The van der Waals surface area contributed by atoms with Crippen molar-refractivity contribution in [2.24, 2.45) is 0 Å². The van der Waals surface area contributed by atoms with Crippen LogP contribution in [0.25, 0.3) is 5.69 Å². The molecule has 0 atom stereocenters. The first-order chi connectivity index (χ1) is 15.7. The smallest absolute Gasteiger partial charge is 0.344 e. The van der Waals surface area contributed by atoms with Crippen LogP contribution in [0.15, 0.2) is 82.6 Å². The van der Waals surface area contributed by atoms with E-state index in [9.17, 15) is 17.6 Å². The van der Waals surface area contributed by atoms with Gasteiger partial charge in [0.15, 0.2) is 4.90 Å². The maximum atomic E-state index is 13.5. The molecule has 0 unspecified atom stereocenters. The van der Waals surface area contributed by atoms with Crippen molar-refractivity contribution in [3.05, 3.63) is 101 Å². The van der Waals surface area contributed by atoms with Crippen LogP contribution in [0.4, 0.5) is 4.39 Å². The molecular weight excluding hydrogens is 443 g/mol. The Balaban J connectivity index is 1.92. The van der Waals surface area contributed by atoms with Gasteiger partial charge in [-0.15, -0.1) is 0 Å². The number of rotatable bonds is 5. The summed E-state index contributed by atoms with van der Waals surface area (Å²) in [6.45, 7) is 5.34. The Kier molecular flexibility index (Phi) is 5.86. The summed E-state index contributed by atoms with van der Waals surface area (Å²) < 4.78 is 47.3. The average molecular weight is 465 g/mol. The van der Waals surface area contributed by atoms with Gasteiger partial charge >= 0.3 is 5.97 Å². The standard InChI is InChI=1S/C25H21FN2O4S/c1-16-9-14-22(17(2)15-16)28-24(32-25(29)19-10-12-20(26)13-11-19)23(18(3)27-28)33(30,31)21-7-5-4-6-8-21/h4-15H,1-3H3. The van der Waals surface area contributed by atoms with Crippen molar-refractivity contribution in [2.45, 2.75) is 30.6 Å². The fourth-order valence-corrected chi connectivity index (χ4v) is 5.09. The molecule has 4 rings (SSSR count). The summed E-state index contributed by atoms with van der Waals surface area (Å²) in [6.07, 6.45) is 0. The Hall–Kier alpha value is -3.78. The first kappa shape index (κ1) is 22.4. The first-order valence-electron chi connectivity index (χ1n) is 10.1. The van der Waals surface area contributed by atoms with Crippen molar-refractivity contribution in [1.29, 1.82) is 0 Å². The molecule has 0 aliphatic carbocycles. The van der Waals surface area contributed by atoms with Gasteiger partial charge in [-0.3, -0.25) is 0 Å². The fraction of sp³-hybridized carbons (Fsp3) is 0.120. The van der Waals surface area contributed by atoms with Crippen LogP contribution in [-0.2, 0) is 9.84 Å². The van der Waals surface area contributed by atoms with Gasteiger partial charge in [-0.2, -0.15) is 9.78 Å².